The molecule has 2 heterocycles. The number of allylic oxidation sites excluding steroid dienone is 6. The average molecular weight is 234 g/mol. The fraction of sp³-hybridized carbons (Fsp3) is 0.125. The van der Waals surface area contributed by atoms with Crippen LogP contribution in [0.5, 0.6) is 0 Å². The topological polar surface area (TPSA) is 25.2 Å². The van der Waals surface area contributed by atoms with Gasteiger partial charge < -0.3 is 0 Å². The number of fused-ring (bicyclic) bond motifs is 2. The summed E-state index contributed by atoms with van der Waals surface area (Å²) in [5.41, 5.74) is 4.12. The highest BCUT2D eigenvalue weighted by Crippen LogP contribution is 2.27. The van der Waals surface area contributed by atoms with Crippen molar-refractivity contribution in [1.82, 2.24) is 4.98 Å². The van der Waals surface area contributed by atoms with Gasteiger partial charge in [0.05, 0.1) is 11.4 Å². The molecular formula is C16H14N2. The number of nitrogens with zero attached hydrogens (tertiary/aromatic N) is 2. The zero-order chi connectivity index (χ0) is 12.4. The molecule has 88 valence electrons. The molecule has 0 saturated carbocycles. The summed E-state index contributed by atoms with van der Waals surface area (Å²) in [5.74, 6) is 0.353. The molecule has 1 atom stereocenters. The average Bonchev–Trinajstić information content (AvgIpc) is 2.55. The first-order chi connectivity index (χ1) is 8.84. The largest absolute Gasteiger partial charge is 0.258 e. The summed E-state index contributed by atoms with van der Waals surface area (Å²) in [4.78, 5) is 9.10. The summed E-state index contributed by atoms with van der Waals surface area (Å²) in [6, 6.07) is 4.02. The van der Waals surface area contributed by atoms with Crippen molar-refractivity contribution in [3.05, 3.63) is 65.5 Å². The molecule has 1 aliphatic carbocycles. The second kappa shape index (κ2) is 4.57. The number of hydrogen-bond acceptors (Lipinski definition) is 2. The van der Waals surface area contributed by atoms with E-state index in [0.29, 0.717) is 5.92 Å². The summed E-state index contributed by atoms with van der Waals surface area (Å²) in [6.45, 7) is 2.13. The summed E-state index contributed by atoms with van der Waals surface area (Å²) in [6.07, 6.45) is 16.3. The van der Waals surface area contributed by atoms with Crippen LogP contribution < -0.4 is 0 Å². The maximum absolute atomic E-state index is 4.61. The number of rotatable bonds is 0. The van der Waals surface area contributed by atoms with E-state index in [-0.39, 0.29) is 0 Å². The number of hydrogen-bond donors (Lipinski definition) is 0. The second-order valence-corrected chi connectivity index (χ2v) is 4.46. The minimum Gasteiger partial charge on any atom is -0.258 e. The molecule has 2 heteroatoms. The quantitative estimate of drug-likeness (QED) is 0.672. The van der Waals surface area contributed by atoms with Gasteiger partial charge in [-0.1, -0.05) is 49.4 Å². The molecule has 1 aromatic rings. The minimum absolute atomic E-state index is 0.353. The molecule has 0 N–H and O–H groups in total. The lowest BCUT2D eigenvalue weighted by molar-refractivity contribution is 1.03. The maximum Gasteiger partial charge on any atom is 0.0964 e. The molecule has 1 aromatic heterocycles. The van der Waals surface area contributed by atoms with Gasteiger partial charge in [0, 0.05) is 29.5 Å². The lowest BCUT2D eigenvalue weighted by Crippen LogP contribution is -1.95. The zero-order valence-electron chi connectivity index (χ0n) is 10.2. The van der Waals surface area contributed by atoms with Crippen LogP contribution in [0, 0.1) is 5.92 Å². The van der Waals surface area contributed by atoms with E-state index >= 15 is 0 Å². The Kier molecular flexibility index (Phi) is 2.77. The zero-order valence-corrected chi connectivity index (χ0v) is 10.2. The standard InChI is InChI=1S/C16H14N2/c1-12-8-9-14-6-3-2-5-13-7-4-10-17-15(13)16(14)18-11-12/h2-12H,1H3/b3-2?,5-2+,6-3-,13-5?,14-6?,16-15?. The normalized spacial score (nSPS) is 24.6. The molecule has 0 saturated heterocycles. The van der Waals surface area contributed by atoms with Gasteiger partial charge in [0.15, 0.2) is 0 Å². The summed E-state index contributed by atoms with van der Waals surface area (Å²) >= 11 is 0. The molecule has 1 unspecified atom stereocenters. The first-order valence-electron chi connectivity index (χ1n) is 6.11. The monoisotopic (exact) mass is 234 g/mol. The van der Waals surface area contributed by atoms with E-state index < -0.39 is 0 Å². The number of pyridine rings is 1. The highest BCUT2D eigenvalue weighted by atomic mass is 14.8. The van der Waals surface area contributed by atoms with Crippen LogP contribution in [0.3, 0.4) is 0 Å². The maximum atomic E-state index is 4.61. The van der Waals surface area contributed by atoms with Gasteiger partial charge in [0.2, 0.25) is 0 Å². The van der Waals surface area contributed by atoms with Crippen molar-refractivity contribution in [1.29, 1.82) is 0 Å². The Labute approximate surface area is 107 Å². The van der Waals surface area contributed by atoms with Crippen LogP contribution >= 0.6 is 0 Å². The molecule has 0 spiro atoms. The lowest BCUT2D eigenvalue weighted by atomic mass is 10.0. The van der Waals surface area contributed by atoms with E-state index in [0.717, 1.165) is 22.5 Å². The van der Waals surface area contributed by atoms with Crippen LogP contribution in [0.25, 0.3) is 11.8 Å². The third-order valence-corrected chi connectivity index (χ3v) is 3.02. The summed E-state index contributed by atoms with van der Waals surface area (Å²) in [7, 11) is 0. The third-order valence-electron chi connectivity index (χ3n) is 3.02. The molecular weight excluding hydrogens is 220 g/mol. The van der Waals surface area contributed by atoms with Crippen molar-refractivity contribution >= 4 is 18.0 Å². The van der Waals surface area contributed by atoms with E-state index in [1.54, 1.807) is 0 Å². The van der Waals surface area contributed by atoms with Gasteiger partial charge >= 0.3 is 0 Å². The Morgan fingerprint density at radius 3 is 2.94 bits per heavy atom. The predicted octanol–water partition coefficient (Wildman–Crippen LogP) is 3.65. The predicted molar refractivity (Wildman–Crippen MR) is 76.1 cm³/mol. The smallest absolute Gasteiger partial charge is 0.0964 e. The number of aliphatic imine (C=N–C) groups is 1. The molecule has 1 aliphatic heterocycles. The summed E-state index contributed by atoms with van der Waals surface area (Å²) in [5, 5.41) is 0. The minimum atomic E-state index is 0.353. The molecule has 0 radical (unpaired) electrons. The van der Waals surface area contributed by atoms with Gasteiger partial charge in [-0.3, -0.25) is 9.98 Å². The Morgan fingerprint density at radius 1 is 1.11 bits per heavy atom. The molecule has 0 bridgehead atoms. The van der Waals surface area contributed by atoms with Crippen molar-refractivity contribution in [3.8, 4) is 0 Å². The van der Waals surface area contributed by atoms with Crippen LogP contribution in [0.15, 0.2) is 59.3 Å². The Morgan fingerprint density at radius 2 is 2.00 bits per heavy atom. The number of aromatic nitrogens is 1. The van der Waals surface area contributed by atoms with Crippen LogP contribution in [0.2, 0.25) is 0 Å². The van der Waals surface area contributed by atoms with Gasteiger partial charge in [0.25, 0.3) is 0 Å². The summed E-state index contributed by atoms with van der Waals surface area (Å²) < 4.78 is 0. The van der Waals surface area contributed by atoms with Crippen molar-refractivity contribution in [3.63, 3.8) is 0 Å². The van der Waals surface area contributed by atoms with Crippen LogP contribution in [-0.2, 0) is 0 Å². The van der Waals surface area contributed by atoms with Gasteiger partial charge in [-0.05, 0) is 6.07 Å². The van der Waals surface area contributed by atoms with E-state index in [9.17, 15) is 0 Å². The van der Waals surface area contributed by atoms with Crippen molar-refractivity contribution in [2.24, 2.45) is 10.9 Å². The van der Waals surface area contributed by atoms with Crippen molar-refractivity contribution < 1.29 is 0 Å². The van der Waals surface area contributed by atoms with Gasteiger partial charge in [-0.25, -0.2) is 0 Å². The SMILES string of the molecule is CC1C=CC2=C(N=C1)c1ncccc1/C=C/C=C\2. The Balaban J connectivity index is 2.25. The lowest BCUT2D eigenvalue weighted by Gasteiger charge is -2.09. The second-order valence-electron chi connectivity index (χ2n) is 4.46. The first kappa shape index (κ1) is 10.9. The van der Waals surface area contributed by atoms with E-state index in [2.05, 4.69) is 47.3 Å². The first-order valence-corrected chi connectivity index (χ1v) is 6.11. The highest BCUT2D eigenvalue weighted by molar-refractivity contribution is 5.84. The molecule has 0 amide bonds. The van der Waals surface area contributed by atoms with E-state index in [1.807, 2.05) is 30.6 Å². The van der Waals surface area contributed by atoms with Crippen LogP contribution in [0.1, 0.15) is 18.2 Å². The molecule has 0 fully saturated rings. The Bertz CT molecular complexity index is 616. The third kappa shape index (κ3) is 1.97. The van der Waals surface area contributed by atoms with E-state index in [4.69, 9.17) is 0 Å². The molecule has 2 nitrogen and oxygen atoms in total. The van der Waals surface area contributed by atoms with Gasteiger partial charge in [-0.2, -0.15) is 0 Å². The fourth-order valence-corrected chi connectivity index (χ4v) is 2.05. The van der Waals surface area contributed by atoms with Crippen LogP contribution in [0.4, 0.5) is 0 Å². The molecule has 2 aliphatic rings. The molecule has 18 heavy (non-hydrogen) atoms. The van der Waals surface area contributed by atoms with E-state index in [1.165, 1.54) is 0 Å². The van der Waals surface area contributed by atoms with Gasteiger partial charge in [0.1, 0.15) is 0 Å². The van der Waals surface area contributed by atoms with Crippen molar-refractivity contribution in [2.45, 2.75) is 6.92 Å². The van der Waals surface area contributed by atoms with Crippen molar-refractivity contribution in [2.75, 3.05) is 0 Å². The Hall–Kier alpha value is -2.22. The van der Waals surface area contributed by atoms with Crippen LogP contribution in [-0.4, -0.2) is 11.2 Å². The fourth-order valence-electron chi connectivity index (χ4n) is 2.05. The van der Waals surface area contributed by atoms with Gasteiger partial charge in [-0.15, -0.1) is 0 Å². The molecule has 0 aromatic carbocycles. The molecule has 3 rings (SSSR count). The highest BCUT2D eigenvalue weighted by Gasteiger charge is 2.13.